The maximum atomic E-state index is 12.9. The molecular formula is C13H7Cl3FNO2. The minimum Gasteiger partial charge on any atom is -0.408 e. The molecule has 0 aliphatic heterocycles. The van der Waals surface area contributed by atoms with Crippen molar-refractivity contribution >= 4 is 46.6 Å². The molecule has 0 atom stereocenters. The summed E-state index contributed by atoms with van der Waals surface area (Å²) in [5, 5.41) is 2.88. The van der Waals surface area contributed by atoms with Crippen molar-refractivity contribution in [1.82, 2.24) is 0 Å². The first-order chi connectivity index (χ1) is 9.47. The van der Waals surface area contributed by atoms with Crippen LogP contribution in [0.25, 0.3) is 0 Å². The van der Waals surface area contributed by atoms with Crippen molar-refractivity contribution < 1.29 is 13.9 Å². The third-order valence-electron chi connectivity index (χ3n) is 2.28. The second-order valence-electron chi connectivity index (χ2n) is 3.69. The lowest BCUT2D eigenvalue weighted by Gasteiger charge is -2.09. The number of hydrogen-bond donors (Lipinski definition) is 1. The first kappa shape index (κ1) is 14.9. The van der Waals surface area contributed by atoms with E-state index in [1.165, 1.54) is 6.07 Å². The van der Waals surface area contributed by atoms with Gasteiger partial charge in [0.25, 0.3) is 0 Å². The van der Waals surface area contributed by atoms with Crippen molar-refractivity contribution in [3.8, 4) is 5.75 Å². The van der Waals surface area contributed by atoms with Crippen molar-refractivity contribution in [2.45, 2.75) is 0 Å². The van der Waals surface area contributed by atoms with Gasteiger partial charge in [-0.25, -0.2) is 9.18 Å². The van der Waals surface area contributed by atoms with Gasteiger partial charge in [-0.2, -0.15) is 0 Å². The lowest BCUT2D eigenvalue weighted by atomic mass is 10.3. The van der Waals surface area contributed by atoms with Crippen LogP contribution in [0, 0.1) is 5.82 Å². The number of anilines is 1. The molecule has 1 amide bonds. The predicted molar refractivity (Wildman–Crippen MR) is 77.5 cm³/mol. The van der Waals surface area contributed by atoms with Crippen LogP contribution in [0.1, 0.15) is 0 Å². The Morgan fingerprint density at radius 1 is 1.10 bits per heavy atom. The highest BCUT2D eigenvalue weighted by atomic mass is 35.5. The Balaban J connectivity index is 2.11. The Bertz CT molecular complexity index is 664. The zero-order chi connectivity index (χ0) is 14.7. The lowest BCUT2D eigenvalue weighted by Crippen LogP contribution is -2.17. The van der Waals surface area contributed by atoms with Crippen molar-refractivity contribution in [2.75, 3.05) is 5.32 Å². The summed E-state index contributed by atoms with van der Waals surface area (Å²) in [4.78, 5) is 11.7. The van der Waals surface area contributed by atoms with Crippen molar-refractivity contribution in [3.05, 3.63) is 57.3 Å². The van der Waals surface area contributed by atoms with Gasteiger partial charge in [0.2, 0.25) is 0 Å². The maximum Gasteiger partial charge on any atom is 0.417 e. The molecule has 0 fully saturated rings. The predicted octanol–water partition coefficient (Wildman–Crippen LogP) is 5.40. The normalized spacial score (nSPS) is 10.2. The minimum atomic E-state index is -0.817. The molecule has 104 valence electrons. The number of carbonyl (C=O) groups is 1. The van der Waals surface area contributed by atoms with Gasteiger partial charge in [0.15, 0.2) is 5.75 Å². The number of ether oxygens (including phenoxy) is 1. The second kappa shape index (κ2) is 6.31. The van der Waals surface area contributed by atoms with E-state index >= 15 is 0 Å². The maximum absolute atomic E-state index is 12.9. The lowest BCUT2D eigenvalue weighted by molar-refractivity contribution is 0.215. The highest BCUT2D eigenvalue weighted by molar-refractivity contribution is 6.43. The molecule has 0 radical (unpaired) electrons. The van der Waals surface area contributed by atoms with Gasteiger partial charge < -0.3 is 4.74 Å². The van der Waals surface area contributed by atoms with Gasteiger partial charge in [0.05, 0.1) is 20.8 Å². The summed E-state index contributed by atoms with van der Waals surface area (Å²) in [7, 11) is 0. The van der Waals surface area contributed by atoms with E-state index in [0.717, 1.165) is 12.1 Å². The highest BCUT2D eigenvalue weighted by Gasteiger charge is 2.12. The van der Waals surface area contributed by atoms with E-state index < -0.39 is 11.9 Å². The van der Waals surface area contributed by atoms with Crippen LogP contribution in [0.2, 0.25) is 15.1 Å². The number of hydrogen-bond acceptors (Lipinski definition) is 2. The molecule has 0 aliphatic rings. The number of amides is 1. The third-order valence-corrected chi connectivity index (χ3v) is 3.40. The summed E-state index contributed by atoms with van der Waals surface area (Å²) in [5.74, 6) is -0.496. The Labute approximate surface area is 129 Å². The first-order valence-corrected chi connectivity index (χ1v) is 6.48. The zero-order valence-electron chi connectivity index (χ0n) is 9.79. The molecular weight excluding hydrogens is 328 g/mol. The first-order valence-electron chi connectivity index (χ1n) is 5.35. The fraction of sp³-hybridized carbons (Fsp3) is 0. The topological polar surface area (TPSA) is 38.3 Å². The Morgan fingerprint density at radius 3 is 2.55 bits per heavy atom. The Kier molecular flexibility index (Phi) is 4.70. The molecule has 1 N–H and O–H groups in total. The summed E-state index contributed by atoms with van der Waals surface area (Å²) in [6.07, 6.45) is -0.817. The molecule has 0 heterocycles. The van der Waals surface area contributed by atoms with Crippen molar-refractivity contribution in [3.63, 3.8) is 0 Å². The third kappa shape index (κ3) is 3.54. The number of halogens is 4. The van der Waals surface area contributed by atoms with Crippen LogP contribution in [0.15, 0.2) is 36.4 Å². The molecule has 2 aromatic rings. The monoisotopic (exact) mass is 333 g/mol. The van der Waals surface area contributed by atoms with E-state index in [0.29, 0.717) is 10.7 Å². The highest BCUT2D eigenvalue weighted by Crippen LogP contribution is 2.30. The van der Waals surface area contributed by atoms with Gasteiger partial charge in [-0.3, -0.25) is 5.32 Å². The second-order valence-corrected chi connectivity index (χ2v) is 4.88. The summed E-state index contributed by atoms with van der Waals surface area (Å²) < 4.78 is 17.8. The molecule has 0 aliphatic carbocycles. The summed E-state index contributed by atoms with van der Waals surface area (Å²) in [6.45, 7) is 0. The van der Waals surface area contributed by atoms with Crippen LogP contribution in [-0.2, 0) is 0 Å². The molecule has 3 nitrogen and oxygen atoms in total. The minimum absolute atomic E-state index is 0.0164. The van der Waals surface area contributed by atoms with E-state index in [1.807, 2.05) is 0 Å². The smallest absolute Gasteiger partial charge is 0.408 e. The quantitative estimate of drug-likeness (QED) is 0.799. The van der Waals surface area contributed by atoms with E-state index in [-0.39, 0.29) is 15.8 Å². The standard InChI is InChI=1S/C13H7Cl3FNO2/c14-8-2-1-3-10(12(8)16)18-13(19)20-11-5-4-7(17)6-9(11)15/h1-6H,(H,18,19). The van der Waals surface area contributed by atoms with Crippen LogP contribution in [0.5, 0.6) is 5.75 Å². The van der Waals surface area contributed by atoms with Gasteiger partial charge in [-0.05, 0) is 30.3 Å². The van der Waals surface area contributed by atoms with E-state index in [1.54, 1.807) is 18.2 Å². The average Bonchev–Trinajstić information content (AvgIpc) is 2.38. The Hall–Kier alpha value is -1.49. The largest absolute Gasteiger partial charge is 0.417 e. The summed E-state index contributed by atoms with van der Waals surface area (Å²) >= 11 is 17.5. The van der Waals surface area contributed by atoms with Crippen molar-refractivity contribution in [2.24, 2.45) is 0 Å². The summed E-state index contributed by atoms with van der Waals surface area (Å²) in [5.41, 5.74) is 0.294. The molecule has 2 aromatic carbocycles. The summed E-state index contributed by atoms with van der Waals surface area (Å²) in [6, 6.07) is 8.17. The number of benzene rings is 2. The van der Waals surface area contributed by atoms with Gasteiger partial charge in [-0.1, -0.05) is 40.9 Å². The SMILES string of the molecule is O=C(Nc1cccc(Cl)c1Cl)Oc1ccc(F)cc1Cl. The fourth-order valence-electron chi connectivity index (χ4n) is 1.39. The average molecular weight is 335 g/mol. The van der Waals surface area contributed by atoms with Gasteiger partial charge >= 0.3 is 6.09 Å². The van der Waals surface area contributed by atoms with Crippen LogP contribution < -0.4 is 10.1 Å². The van der Waals surface area contributed by atoms with E-state index in [4.69, 9.17) is 39.5 Å². The van der Waals surface area contributed by atoms with Crippen LogP contribution in [0.3, 0.4) is 0 Å². The van der Waals surface area contributed by atoms with Crippen LogP contribution in [0.4, 0.5) is 14.9 Å². The molecule has 2 rings (SSSR count). The molecule has 0 spiro atoms. The van der Waals surface area contributed by atoms with Crippen LogP contribution >= 0.6 is 34.8 Å². The van der Waals surface area contributed by atoms with Crippen LogP contribution in [-0.4, -0.2) is 6.09 Å². The molecule has 0 aromatic heterocycles. The van der Waals surface area contributed by atoms with Gasteiger partial charge in [-0.15, -0.1) is 0 Å². The number of rotatable bonds is 2. The molecule has 0 saturated heterocycles. The van der Waals surface area contributed by atoms with E-state index in [2.05, 4.69) is 5.32 Å². The van der Waals surface area contributed by atoms with E-state index in [9.17, 15) is 9.18 Å². The zero-order valence-corrected chi connectivity index (χ0v) is 12.1. The Morgan fingerprint density at radius 2 is 1.85 bits per heavy atom. The molecule has 7 heteroatoms. The van der Waals surface area contributed by atoms with Gasteiger partial charge in [0, 0.05) is 0 Å². The number of nitrogens with one attached hydrogen (secondary N) is 1. The molecule has 0 saturated carbocycles. The molecule has 20 heavy (non-hydrogen) atoms. The van der Waals surface area contributed by atoms with Crippen molar-refractivity contribution in [1.29, 1.82) is 0 Å². The van der Waals surface area contributed by atoms with Gasteiger partial charge in [0.1, 0.15) is 5.82 Å². The fourth-order valence-corrected chi connectivity index (χ4v) is 1.95. The molecule has 0 unspecified atom stereocenters. The number of carbonyl (C=O) groups excluding carboxylic acids is 1. The molecule has 0 bridgehead atoms.